The van der Waals surface area contributed by atoms with Crippen molar-refractivity contribution in [2.75, 3.05) is 0 Å². The molecule has 1 N–H and O–H groups in total. The molecule has 0 spiro atoms. The number of ether oxygens (including phenoxy) is 1. The van der Waals surface area contributed by atoms with E-state index in [-0.39, 0.29) is 6.61 Å². The number of benzene rings is 1. The van der Waals surface area contributed by atoms with Crippen LogP contribution in [0.1, 0.15) is 18.2 Å². The van der Waals surface area contributed by atoms with Gasteiger partial charge in [0.25, 0.3) is 0 Å². The smallest absolute Gasteiger partial charge is 0.219 e. The molecule has 3 heteroatoms. The Morgan fingerprint density at radius 2 is 2.00 bits per heavy atom. The van der Waals surface area contributed by atoms with E-state index in [1.165, 1.54) is 0 Å². The summed E-state index contributed by atoms with van der Waals surface area (Å²) in [7, 11) is 0. The Morgan fingerprint density at radius 3 is 2.78 bits per heavy atom. The van der Waals surface area contributed by atoms with Crippen LogP contribution in [-0.4, -0.2) is 10.1 Å². The highest BCUT2D eigenvalue weighted by atomic mass is 16.5. The summed E-state index contributed by atoms with van der Waals surface area (Å²) in [6, 6.07) is 13.1. The summed E-state index contributed by atoms with van der Waals surface area (Å²) in [6.45, 7) is 1.87. The molecule has 1 heterocycles. The summed E-state index contributed by atoms with van der Waals surface area (Å²) < 4.78 is 5.73. The third-order valence-corrected chi connectivity index (χ3v) is 2.42. The first-order chi connectivity index (χ1) is 8.83. The molecule has 0 radical (unpaired) electrons. The van der Waals surface area contributed by atoms with Gasteiger partial charge in [0.1, 0.15) is 5.75 Å². The molecule has 0 unspecified atom stereocenters. The van der Waals surface area contributed by atoms with Crippen LogP contribution in [0.4, 0.5) is 0 Å². The van der Waals surface area contributed by atoms with Gasteiger partial charge in [-0.05, 0) is 19.1 Å². The van der Waals surface area contributed by atoms with Gasteiger partial charge < -0.3 is 9.84 Å². The number of hydrogen-bond acceptors (Lipinski definition) is 3. The van der Waals surface area contributed by atoms with Gasteiger partial charge in [0.15, 0.2) is 0 Å². The molecule has 1 aromatic carbocycles. The quantitative estimate of drug-likeness (QED) is 0.892. The van der Waals surface area contributed by atoms with Gasteiger partial charge in [-0.15, -0.1) is 0 Å². The summed E-state index contributed by atoms with van der Waals surface area (Å²) in [5.74, 6) is 1.23. The van der Waals surface area contributed by atoms with Gasteiger partial charge in [-0.3, -0.25) is 0 Å². The van der Waals surface area contributed by atoms with E-state index >= 15 is 0 Å². The Bertz CT molecular complexity index is 550. The number of aliphatic hydroxyl groups excluding tert-OH is 1. The Labute approximate surface area is 106 Å². The van der Waals surface area contributed by atoms with Crippen molar-refractivity contribution in [3.8, 4) is 11.6 Å². The molecule has 3 nitrogen and oxygen atoms in total. The van der Waals surface area contributed by atoms with Crippen LogP contribution in [-0.2, 0) is 6.61 Å². The number of aromatic nitrogens is 1. The highest BCUT2D eigenvalue weighted by Gasteiger charge is 2.03. The van der Waals surface area contributed by atoms with E-state index in [2.05, 4.69) is 4.98 Å². The summed E-state index contributed by atoms with van der Waals surface area (Å²) in [5.41, 5.74) is 1.59. The maximum absolute atomic E-state index is 9.04. The largest absolute Gasteiger partial charge is 0.438 e. The van der Waals surface area contributed by atoms with Crippen LogP contribution in [0, 0.1) is 0 Å². The van der Waals surface area contributed by atoms with E-state index in [1.54, 1.807) is 12.1 Å². The molecule has 0 amide bonds. The van der Waals surface area contributed by atoms with Crippen LogP contribution < -0.4 is 4.74 Å². The molecule has 0 aliphatic carbocycles. The van der Waals surface area contributed by atoms with E-state index < -0.39 is 0 Å². The molecule has 0 fully saturated rings. The van der Waals surface area contributed by atoms with Crippen LogP contribution in [0.25, 0.3) is 6.08 Å². The fourth-order valence-electron chi connectivity index (χ4n) is 1.61. The molecule has 2 rings (SSSR count). The van der Waals surface area contributed by atoms with E-state index in [9.17, 15) is 0 Å². The highest BCUT2D eigenvalue weighted by molar-refractivity contribution is 5.57. The maximum Gasteiger partial charge on any atom is 0.219 e. The molecule has 0 saturated carbocycles. The average Bonchev–Trinajstić information content (AvgIpc) is 2.41. The van der Waals surface area contributed by atoms with Crippen molar-refractivity contribution in [3.05, 3.63) is 59.8 Å². The second kappa shape index (κ2) is 5.98. The van der Waals surface area contributed by atoms with Gasteiger partial charge in [0.2, 0.25) is 5.88 Å². The number of para-hydroxylation sites is 1. The van der Waals surface area contributed by atoms with Crippen LogP contribution in [0.3, 0.4) is 0 Å². The Kier molecular flexibility index (Phi) is 4.10. The zero-order valence-corrected chi connectivity index (χ0v) is 10.2. The van der Waals surface area contributed by atoms with Gasteiger partial charge in [-0.2, -0.15) is 0 Å². The molecule has 0 atom stereocenters. The lowest BCUT2D eigenvalue weighted by molar-refractivity contribution is 0.275. The third kappa shape index (κ3) is 2.96. The number of rotatable bonds is 4. The molecule has 2 aromatic rings. The molecule has 1 aromatic heterocycles. The second-order valence-electron chi connectivity index (χ2n) is 3.77. The van der Waals surface area contributed by atoms with E-state index in [4.69, 9.17) is 9.84 Å². The Hall–Kier alpha value is -2.13. The summed E-state index contributed by atoms with van der Waals surface area (Å²) in [6.07, 6.45) is 3.94. The summed E-state index contributed by atoms with van der Waals surface area (Å²) in [4.78, 5) is 4.19. The molecule has 0 bridgehead atoms. The minimum Gasteiger partial charge on any atom is -0.438 e. The number of allylic oxidation sites excluding steroid dienone is 1. The first-order valence-corrected chi connectivity index (χ1v) is 5.80. The maximum atomic E-state index is 9.04. The van der Waals surface area contributed by atoms with Crippen LogP contribution in [0.5, 0.6) is 11.6 Å². The zero-order valence-electron chi connectivity index (χ0n) is 10.2. The van der Waals surface area contributed by atoms with Gasteiger partial charge >= 0.3 is 0 Å². The van der Waals surface area contributed by atoms with Gasteiger partial charge in [-0.1, -0.05) is 36.4 Å². The second-order valence-corrected chi connectivity index (χ2v) is 3.77. The Balaban J connectivity index is 2.27. The van der Waals surface area contributed by atoms with E-state index in [0.717, 1.165) is 11.3 Å². The fourth-order valence-corrected chi connectivity index (χ4v) is 1.61. The molecular weight excluding hydrogens is 226 g/mol. The predicted octanol–water partition coefficient (Wildman–Crippen LogP) is 3.40. The van der Waals surface area contributed by atoms with Crippen LogP contribution in [0.15, 0.2) is 48.5 Å². The molecule has 92 valence electrons. The van der Waals surface area contributed by atoms with Crippen molar-refractivity contribution in [3.63, 3.8) is 0 Å². The van der Waals surface area contributed by atoms with E-state index in [1.807, 2.05) is 49.4 Å². The minimum absolute atomic E-state index is 0.0896. The Morgan fingerprint density at radius 1 is 1.17 bits per heavy atom. The van der Waals surface area contributed by atoms with Gasteiger partial charge in [0.05, 0.1) is 12.3 Å². The van der Waals surface area contributed by atoms with Gasteiger partial charge in [-0.25, -0.2) is 4.98 Å². The normalized spacial score (nSPS) is 10.8. The first kappa shape index (κ1) is 12.3. The number of aliphatic hydroxyl groups is 1. The molecule has 0 aliphatic heterocycles. The highest BCUT2D eigenvalue weighted by Crippen LogP contribution is 2.25. The van der Waals surface area contributed by atoms with Crippen molar-refractivity contribution in [2.24, 2.45) is 0 Å². The summed E-state index contributed by atoms with van der Waals surface area (Å²) >= 11 is 0. The number of hydrogen-bond donors (Lipinski definition) is 1. The average molecular weight is 241 g/mol. The monoisotopic (exact) mass is 241 g/mol. The van der Waals surface area contributed by atoms with Crippen molar-refractivity contribution >= 4 is 6.08 Å². The lowest BCUT2D eigenvalue weighted by atomic mass is 10.2. The molecule has 18 heavy (non-hydrogen) atoms. The van der Waals surface area contributed by atoms with Gasteiger partial charge in [0, 0.05) is 11.6 Å². The molecule has 0 aliphatic rings. The first-order valence-electron chi connectivity index (χ1n) is 5.80. The lowest BCUT2D eigenvalue weighted by Gasteiger charge is -2.08. The lowest BCUT2D eigenvalue weighted by Crippen LogP contribution is -1.93. The third-order valence-electron chi connectivity index (χ3n) is 2.42. The van der Waals surface area contributed by atoms with Crippen molar-refractivity contribution in [1.82, 2.24) is 4.98 Å². The van der Waals surface area contributed by atoms with Crippen molar-refractivity contribution < 1.29 is 9.84 Å². The summed E-state index contributed by atoms with van der Waals surface area (Å²) in [5, 5.41) is 9.04. The van der Waals surface area contributed by atoms with Crippen LogP contribution >= 0.6 is 0 Å². The molecular formula is C15H15NO2. The van der Waals surface area contributed by atoms with Crippen molar-refractivity contribution in [2.45, 2.75) is 13.5 Å². The standard InChI is InChI=1S/C15H15NO2/c1-2-6-12-7-3-4-9-14(12)18-15-10-5-8-13(11-17)16-15/h2-10,17H,11H2,1H3. The number of nitrogens with zero attached hydrogens (tertiary/aromatic N) is 1. The predicted molar refractivity (Wildman–Crippen MR) is 71.4 cm³/mol. The topological polar surface area (TPSA) is 42.4 Å². The van der Waals surface area contributed by atoms with Crippen LogP contribution in [0.2, 0.25) is 0 Å². The molecule has 0 saturated heterocycles. The SMILES string of the molecule is CC=Cc1ccccc1Oc1cccc(CO)n1. The van der Waals surface area contributed by atoms with E-state index in [0.29, 0.717) is 11.6 Å². The van der Waals surface area contributed by atoms with Crippen molar-refractivity contribution in [1.29, 1.82) is 0 Å². The number of pyridine rings is 1. The zero-order chi connectivity index (χ0) is 12.8. The minimum atomic E-state index is -0.0896. The fraction of sp³-hybridized carbons (Fsp3) is 0.133.